The van der Waals surface area contributed by atoms with Crippen LogP contribution in [0.2, 0.25) is 0 Å². The zero-order valence-electron chi connectivity index (χ0n) is 9.83. The summed E-state index contributed by atoms with van der Waals surface area (Å²) in [6.07, 6.45) is 3.22. The minimum atomic E-state index is -0.833. The SMILES string of the molecule is Cc1nccnc1N(C)C1COCC1C(=O)O. The van der Waals surface area contributed by atoms with Crippen molar-refractivity contribution in [3.8, 4) is 0 Å². The summed E-state index contributed by atoms with van der Waals surface area (Å²) in [6, 6.07) is -0.192. The van der Waals surface area contributed by atoms with Gasteiger partial charge in [-0.15, -0.1) is 0 Å². The summed E-state index contributed by atoms with van der Waals surface area (Å²) in [7, 11) is 1.83. The van der Waals surface area contributed by atoms with Crippen molar-refractivity contribution in [2.24, 2.45) is 5.92 Å². The van der Waals surface area contributed by atoms with E-state index < -0.39 is 11.9 Å². The van der Waals surface area contributed by atoms with Gasteiger partial charge in [0.15, 0.2) is 0 Å². The van der Waals surface area contributed by atoms with E-state index in [0.717, 1.165) is 5.69 Å². The van der Waals surface area contributed by atoms with Gasteiger partial charge in [-0.05, 0) is 6.92 Å². The average molecular weight is 237 g/mol. The van der Waals surface area contributed by atoms with Crippen LogP contribution in [0.4, 0.5) is 5.82 Å². The van der Waals surface area contributed by atoms with Crippen LogP contribution < -0.4 is 4.90 Å². The molecule has 2 heterocycles. The molecule has 0 amide bonds. The maximum atomic E-state index is 11.1. The Morgan fingerprint density at radius 1 is 1.47 bits per heavy atom. The van der Waals surface area contributed by atoms with E-state index in [2.05, 4.69) is 9.97 Å². The molecule has 2 atom stereocenters. The smallest absolute Gasteiger partial charge is 0.311 e. The first kappa shape index (κ1) is 11.8. The highest BCUT2D eigenvalue weighted by Crippen LogP contribution is 2.24. The molecule has 0 aliphatic carbocycles. The molecule has 2 rings (SSSR count). The third-order valence-corrected chi connectivity index (χ3v) is 3.05. The third kappa shape index (κ3) is 2.21. The zero-order valence-corrected chi connectivity index (χ0v) is 9.83. The topological polar surface area (TPSA) is 75.5 Å². The number of aliphatic carboxylic acids is 1. The second-order valence-corrected chi connectivity index (χ2v) is 4.13. The molecule has 1 aromatic heterocycles. The van der Waals surface area contributed by atoms with E-state index >= 15 is 0 Å². The fourth-order valence-corrected chi connectivity index (χ4v) is 2.06. The molecule has 6 heteroatoms. The molecule has 92 valence electrons. The van der Waals surface area contributed by atoms with Crippen LogP contribution in [0.5, 0.6) is 0 Å². The fourth-order valence-electron chi connectivity index (χ4n) is 2.06. The molecule has 0 spiro atoms. The first-order chi connectivity index (χ1) is 8.11. The Morgan fingerprint density at radius 3 is 2.82 bits per heavy atom. The maximum absolute atomic E-state index is 11.1. The highest BCUT2D eigenvalue weighted by atomic mass is 16.5. The van der Waals surface area contributed by atoms with Crippen molar-refractivity contribution in [1.29, 1.82) is 0 Å². The Labute approximate surface area is 99.2 Å². The molecule has 0 bridgehead atoms. The second kappa shape index (κ2) is 4.67. The third-order valence-electron chi connectivity index (χ3n) is 3.05. The van der Waals surface area contributed by atoms with Gasteiger partial charge in [0.1, 0.15) is 11.7 Å². The second-order valence-electron chi connectivity index (χ2n) is 4.13. The van der Waals surface area contributed by atoms with Crippen molar-refractivity contribution in [2.45, 2.75) is 13.0 Å². The summed E-state index contributed by atoms with van der Waals surface area (Å²) in [6.45, 7) is 2.51. The summed E-state index contributed by atoms with van der Waals surface area (Å²) in [5.74, 6) is -0.642. The predicted octanol–water partition coefficient (Wildman–Crippen LogP) is 0.321. The van der Waals surface area contributed by atoms with Gasteiger partial charge in [-0.2, -0.15) is 0 Å². The van der Waals surface area contributed by atoms with Crippen molar-refractivity contribution in [3.63, 3.8) is 0 Å². The van der Waals surface area contributed by atoms with E-state index in [9.17, 15) is 4.79 Å². The lowest BCUT2D eigenvalue weighted by atomic mass is 10.0. The van der Waals surface area contributed by atoms with Crippen LogP contribution in [0, 0.1) is 12.8 Å². The molecule has 1 fully saturated rings. The summed E-state index contributed by atoms with van der Waals surface area (Å²) in [4.78, 5) is 21.3. The van der Waals surface area contributed by atoms with Gasteiger partial charge in [-0.3, -0.25) is 9.78 Å². The van der Waals surface area contributed by atoms with E-state index in [0.29, 0.717) is 12.4 Å². The Morgan fingerprint density at radius 2 is 2.18 bits per heavy atom. The maximum Gasteiger partial charge on any atom is 0.311 e. The van der Waals surface area contributed by atoms with Crippen molar-refractivity contribution >= 4 is 11.8 Å². The number of hydrogen-bond donors (Lipinski definition) is 1. The molecule has 1 aliphatic heterocycles. The Hall–Kier alpha value is -1.69. The summed E-state index contributed by atoms with van der Waals surface area (Å²) >= 11 is 0. The summed E-state index contributed by atoms with van der Waals surface area (Å²) in [5, 5.41) is 9.11. The van der Waals surface area contributed by atoms with Crippen molar-refractivity contribution in [1.82, 2.24) is 9.97 Å². The van der Waals surface area contributed by atoms with Crippen LogP contribution in [0.15, 0.2) is 12.4 Å². The molecule has 1 aromatic rings. The number of hydrogen-bond acceptors (Lipinski definition) is 5. The highest BCUT2D eigenvalue weighted by Gasteiger charge is 2.37. The Kier molecular flexibility index (Phi) is 3.23. The number of carboxylic acid groups (broad SMARTS) is 1. The molecule has 0 radical (unpaired) electrons. The number of nitrogens with zero attached hydrogens (tertiary/aromatic N) is 3. The average Bonchev–Trinajstić information content (AvgIpc) is 2.77. The van der Waals surface area contributed by atoms with Gasteiger partial charge in [-0.25, -0.2) is 4.98 Å². The molecule has 1 saturated heterocycles. The van der Waals surface area contributed by atoms with Crippen LogP contribution in [0.1, 0.15) is 5.69 Å². The number of aromatic nitrogens is 2. The summed E-state index contributed by atoms with van der Waals surface area (Å²) < 4.78 is 5.24. The molecule has 17 heavy (non-hydrogen) atoms. The monoisotopic (exact) mass is 237 g/mol. The Bertz CT molecular complexity index is 424. The summed E-state index contributed by atoms with van der Waals surface area (Å²) in [5.41, 5.74) is 0.783. The number of rotatable bonds is 3. The van der Waals surface area contributed by atoms with Crippen LogP contribution in [-0.2, 0) is 9.53 Å². The minimum Gasteiger partial charge on any atom is -0.481 e. The van der Waals surface area contributed by atoms with E-state index in [-0.39, 0.29) is 12.6 Å². The molecule has 1 aliphatic rings. The minimum absolute atomic E-state index is 0.192. The predicted molar refractivity (Wildman–Crippen MR) is 60.9 cm³/mol. The largest absolute Gasteiger partial charge is 0.481 e. The number of anilines is 1. The molecule has 1 N–H and O–H groups in total. The lowest BCUT2D eigenvalue weighted by Crippen LogP contribution is -2.41. The Balaban J connectivity index is 2.23. The number of aryl methyl sites for hydroxylation is 1. The normalized spacial score (nSPS) is 23.6. The van der Waals surface area contributed by atoms with E-state index in [1.165, 1.54) is 0 Å². The molecule has 0 saturated carbocycles. The number of carbonyl (C=O) groups is 1. The van der Waals surface area contributed by atoms with Crippen LogP contribution in [0.25, 0.3) is 0 Å². The van der Waals surface area contributed by atoms with Crippen LogP contribution in [-0.4, -0.2) is 47.3 Å². The first-order valence-corrected chi connectivity index (χ1v) is 5.42. The number of likely N-dealkylation sites (N-methyl/N-ethyl adjacent to an activating group) is 1. The van der Waals surface area contributed by atoms with E-state index in [1.807, 2.05) is 18.9 Å². The highest BCUT2D eigenvalue weighted by molar-refractivity contribution is 5.72. The van der Waals surface area contributed by atoms with E-state index in [1.54, 1.807) is 12.4 Å². The van der Waals surface area contributed by atoms with Gasteiger partial charge < -0.3 is 14.7 Å². The van der Waals surface area contributed by atoms with Crippen molar-refractivity contribution < 1.29 is 14.6 Å². The number of ether oxygens (including phenoxy) is 1. The van der Waals surface area contributed by atoms with Gasteiger partial charge in [0.05, 0.1) is 24.9 Å². The lowest BCUT2D eigenvalue weighted by Gasteiger charge is -2.27. The van der Waals surface area contributed by atoms with Crippen LogP contribution in [0.3, 0.4) is 0 Å². The number of carboxylic acids is 1. The molecule has 6 nitrogen and oxygen atoms in total. The molecular weight excluding hydrogens is 222 g/mol. The zero-order chi connectivity index (χ0) is 12.4. The molecule has 0 aromatic carbocycles. The van der Waals surface area contributed by atoms with Gasteiger partial charge in [0, 0.05) is 19.4 Å². The van der Waals surface area contributed by atoms with Crippen LogP contribution >= 0.6 is 0 Å². The van der Waals surface area contributed by atoms with Gasteiger partial charge >= 0.3 is 5.97 Å². The van der Waals surface area contributed by atoms with Crippen molar-refractivity contribution in [3.05, 3.63) is 18.1 Å². The van der Waals surface area contributed by atoms with E-state index in [4.69, 9.17) is 9.84 Å². The standard InChI is InChI=1S/C11H15N3O3/c1-7-10(13-4-3-12-7)14(2)9-6-17-5-8(9)11(15)16/h3-4,8-9H,5-6H2,1-2H3,(H,15,16). The van der Waals surface area contributed by atoms with Gasteiger partial charge in [-0.1, -0.05) is 0 Å². The van der Waals surface area contributed by atoms with Crippen molar-refractivity contribution in [2.75, 3.05) is 25.2 Å². The molecular formula is C11H15N3O3. The fraction of sp³-hybridized carbons (Fsp3) is 0.545. The van der Waals surface area contributed by atoms with Gasteiger partial charge in [0.2, 0.25) is 0 Å². The van der Waals surface area contributed by atoms with Gasteiger partial charge in [0.25, 0.3) is 0 Å². The lowest BCUT2D eigenvalue weighted by molar-refractivity contribution is -0.141. The quantitative estimate of drug-likeness (QED) is 0.816. The molecule has 2 unspecified atom stereocenters. The first-order valence-electron chi connectivity index (χ1n) is 5.42.